The Balaban J connectivity index is 1.52. The van der Waals surface area contributed by atoms with E-state index in [0.717, 1.165) is 18.4 Å². The molecule has 1 amide bonds. The van der Waals surface area contributed by atoms with Crippen LogP contribution in [0.3, 0.4) is 0 Å². The maximum atomic E-state index is 12.9. The molecule has 9 nitrogen and oxygen atoms in total. The second-order valence-electron chi connectivity index (χ2n) is 8.85. The van der Waals surface area contributed by atoms with E-state index in [2.05, 4.69) is 20.5 Å². The predicted molar refractivity (Wildman–Crippen MR) is 117 cm³/mol. The largest absolute Gasteiger partial charge is 0.422 e. The number of nitrogens with zero attached hydrogens (tertiary/aromatic N) is 4. The zero-order chi connectivity index (χ0) is 22.9. The summed E-state index contributed by atoms with van der Waals surface area (Å²) in [4.78, 5) is 29.7. The summed E-state index contributed by atoms with van der Waals surface area (Å²) in [6, 6.07) is 9.83. The minimum atomic E-state index is -1.17. The second-order valence-corrected chi connectivity index (χ2v) is 8.85. The van der Waals surface area contributed by atoms with Gasteiger partial charge < -0.3 is 14.8 Å². The normalized spacial score (nSPS) is 16.5. The van der Waals surface area contributed by atoms with E-state index in [4.69, 9.17) is 4.42 Å². The minimum absolute atomic E-state index is 0.0793. The monoisotopic (exact) mass is 437 g/mol. The molecule has 1 aliphatic rings. The number of carbonyl (C=O) groups excluding carboxylic acids is 1. The van der Waals surface area contributed by atoms with Crippen LogP contribution in [0, 0.1) is 5.92 Å². The Hall–Kier alpha value is -3.33. The van der Waals surface area contributed by atoms with Gasteiger partial charge in [0.25, 0.3) is 5.56 Å². The average Bonchev–Trinajstić information content (AvgIpc) is 3.32. The molecule has 0 bridgehead atoms. The van der Waals surface area contributed by atoms with E-state index >= 15 is 0 Å². The molecule has 2 heterocycles. The number of carbonyl (C=O) groups is 1. The Morgan fingerprint density at radius 3 is 2.59 bits per heavy atom. The number of nitrogens with one attached hydrogen (secondary N) is 1. The number of benzene rings is 1. The summed E-state index contributed by atoms with van der Waals surface area (Å²) in [5.41, 5.74) is 0.275. The third kappa shape index (κ3) is 4.47. The number of hydrogen-bond acceptors (Lipinski definition) is 7. The van der Waals surface area contributed by atoms with Crippen molar-refractivity contribution in [2.75, 3.05) is 0 Å². The molecule has 3 aromatic rings. The van der Waals surface area contributed by atoms with E-state index in [1.54, 1.807) is 0 Å². The van der Waals surface area contributed by atoms with Crippen LogP contribution in [0.25, 0.3) is 11.4 Å². The van der Waals surface area contributed by atoms with E-state index in [0.29, 0.717) is 11.7 Å². The highest BCUT2D eigenvalue weighted by molar-refractivity contribution is 5.77. The highest BCUT2D eigenvalue weighted by atomic mass is 16.4. The van der Waals surface area contributed by atoms with Crippen molar-refractivity contribution < 1.29 is 14.3 Å². The molecular formula is C23H27N5O4. The van der Waals surface area contributed by atoms with Gasteiger partial charge >= 0.3 is 0 Å². The van der Waals surface area contributed by atoms with Crippen LogP contribution in [0.4, 0.5) is 0 Å². The average molecular weight is 438 g/mol. The lowest BCUT2D eigenvalue weighted by molar-refractivity contribution is -0.124. The van der Waals surface area contributed by atoms with Crippen LogP contribution >= 0.6 is 0 Å². The highest BCUT2D eigenvalue weighted by Crippen LogP contribution is 2.47. The first-order valence-electron chi connectivity index (χ1n) is 10.7. The van der Waals surface area contributed by atoms with Crippen LogP contribution in [0.5, 0.6) is 0 Å². The maximum Gasteiger partial charge on any atom is 0.254 e. The molecule has 0 saturated heterocycles. The van der Waals surface area contributed by atoms with E-state index in [1.807, 2.05) is 51.1 Å². The maximum absolute atomic E-state index is 12.9. The van der Waals surface area contributed by atoms with Crippen molar-refractivity contribution in [1.82, 2.24) is 25.1 Å². The third-order valence-electron chi connectivity index (χ3n) is 5.87. The number of aromatic nitrogens is 4. The minimum Gasteiger partial charge on any atom is -0.422 e. The molecule has 1 saturated carbocycles. The number of rotatable bonds is 8. The molecule has 0 spiro atoms. The molecule has 2 atom stereocenters. The van der Waals surface area contributed by atoms with Crippen LogP contribution in [0.2, 0.25) is 0 Å². The predicted octanol–water partition coefficient (Wildman–Crippen LogP) is 2.22. The SMILES string of the molecule is CC(C)[C@H](NC(=O)Cn1c(-c2ccccc2)nccc1=O)C(O)c1nnc(C2(C)CC2)o1. The molecule has 1 fully saturated rings. The number of aliphatic hydroxyl groups is 1. The van der Waals surface area contributed by atoms with Crippen molar-refractivity contribution in [2.24, 2.45) is 5.92 Å². The lowest BCUT2D eigenvalue weighted by Gasteiger charge is -2.25. The van der Waals surface area contributed by atoms with E-state index in [1.165, 1.54) is 16.8 Å². The summed E-state index contributed by atoms with van der Waals surface area (Å²) in [7, 11) is 0. The fourth-order valence-electron chi connectivity index (χ4n) is 3.54. The molecule has 4 rings (SSSR count). The fourth-order valence-corrected chi connectivity index (χ4v) is 3.54. The molecule has 0 radical (unpaired) electrons. The van der Waals surface area contributed by atoms with Gasteiger partial charge in [0, 0.05) is 23.2 Å². The molecule has 0 aliphatic heterocycles. The summed E-state index contributed by atoms with van der Waals surface area (Å²) in [6.07, 6.45) is 2.20. The summed E-state index contributed by atoms with van der Waals surface area (Å²) >= 11 is 0. The molecule has 9 heteroatoms. The van der Waals surface area contributed by atoms with Crippen LogP contribution in [0.1, 0.15) is 51.5 Å². The number of aliphatic hydroxyl groups excluding tert-OH is 1. The Morgan fingerprint density at radius 1 is 1.22 bits per heavy atom. The van der Waals surface area contributed by atoms with Crippen molar-refractivity contribution in [1.29, 1.82) is 0 Å². The zero-order valence-electron chi connectivity index (χ0n) is 18.4. The van der Waals surface area contributed by atoms with Gasteiger partial charge in [-0.2, -0.15) is 0 Å². The van der Waals surface area contributed by atoms with Crippen molar-refractivity contribution in [3.05, 3.63) is 64.7 Å². The van der Waals surface area contributed by atoms with Gasteiger partial charge in [-0.05, 0) is 18.8 Å². The molecule has 1 aliphatic carbocycles. The quantitative estimate of drug-likeness (QED) is 0.554. The fraction of sp³-hybridized carbons (Fsp3) is 0.435. The smallest absolute Gasteiger partial charge is 0.254 e. The first kappa shape index (κ1) is 21.9. The summed E-state index contributed by atoms with van der Waals surface area (Å²) in [6.45, 7) is 5.55. The topological polar surface area (TPSA) is 123 Å². The van der Waals surface area contributed by atoms with Gasteiger partial charge in [-0.1, -0.05) is 51.1 Å². The Kier molecular flexibility index (Phi) is 5.92. The van der Waals surface area contributed by atoms with E-state index in [-0.39, 0.29) is 29.3 Å². The third-order valence-corrected chi connectivity index (χ3v) is 5.87. The summed E-state index contributed by atoms with van der Waals surface area (Å²) < 4.78 is 7.02. The van der Waals surface area contributed by atoms with Crippen LogP contribution < -0.4 is 10.9 Å². The second kappa shape index (κ2) is 8.66. The Bertz CT molecular complexity index is 1150. The Morgan fingerprint density at radius 2 is 1.94 bits per heavy atom. The van der Waals surface area contributed by atoms with Crippen molar-refractivity contribution in [3.8, 4) is 11.4 Å². The summed E-state index contributed by atoms with van der Waals surface area (Å²) in [5, 5.41) is 21.8. The van der Waals surface area contributed by atoms with Gasteiger partial charge in [0.15, 0.2) is 6.10 Å². The molecule has 1 aromatic carbocycles. The first-order valence-corrected chi connectivity index (χ1v) is 10.7. The summed E-state index contributed by atoms with van der Waals surface area (Å²) in [5.74, 6) is 0.434. The Labute approximate surface area is 185 Å². The lowest BCUT2D eigenvalue weighted by atomic mass is 9.98. The molecule has 2 N–H and O–H groups in total. The van der Waals surface area contributed by atoms with E-state index in [9.17, 15) is 14.7 Å². The molecule has 32 heavy (non-hydrogen) atoms. The van der Waals surface area contributed by atoms with Crippen molar-refractivity contribution in [2.45, 2.75) is 57.7 Å². The van der Waals surface area contributed by atoms with Gasteiger partial charge in [-0.3, -0.25) is 14.2 Å². The molecule has 1 unspecified atom stereocenters. The standard InChI is InChI=1S/C23H27N5O4/c1-14(2)18(19(31)21-26-27-22(32-21)23(3)10-11-23)25-16(29)13-28-17(30)9-12-24-20(28)15-7-5-4-6-8-15/h4-9,12,14,18-19,31H,10-11,13H2,1-3H3,(H,25,29)/t18-,19?/m0/s1. The molecular weight excluding hydrogens is 410 g/mol. The molecule has 168 valence electrons. The molecule has 2 aromatic heterocycles. The van der Waals surface area contributed by atoms with Crippen LogP contribution in [0.15, 0.2) is 51.8 Å². The highest BCUT2D eigenvalue weighted by Gasteiger charge is 2.45. The van der Waals surface area contributed by atoms with Crippen molar-refractivity contribution >= 4 is 5.91 Å². The number of amides is 1. The van der Waals surface area contributed by atoms with Crippen molar-refractivity contribution in [3.63, 3.8) is 0 Å². The van der Waals surface area contributed by atoms with Gasteiger partial charge in [0.05, 0.1) is 6.04 Å². The first-order chi connectivity index (χ1) is 15.3. The van der Waals surface area contributed by atoms with Gasteiger partial charge in [-0.15, -0.1) is 10.2 Å². The van der Waals surface area contributed by atoms with Gasteiger partial charge in [-0.25, -0.2) is 4.98 Å². The van der Waals surface area contributed by atoms with Gasteiger partial charge in [0.1, 0.15) is 12.4 Å². The van der Waals surface area contributed by atoms with Crippen LogP contribution in [-0.2, 0) is 16.8 Å². The van der Waals surface area contributed by atoms with Crippen LogP contribution in [-0.4, -0.2) is 36.8 Å². The lowest BCUT2D eigenvalue weighted by Crippen LogP contribution is -2.45. The number of hydrogen-bond donors (Lipinski definition) is 2. The van der Waals surface area contributed by atoms with E-state index < -0.39 is 18.1 Å². The zero-order valence-corrected chi connectivity index (χ0v) is 18.4. The van der Waals surface area contributed by atoms with Gasteiger partial charge in [0.2, 0.25) is 17.7 Å².